The van der Waals surface area contributed by atoms with Gasteiger partial charge in [-0.2, -0.15) is 11.3 Å². The summed E-state index contributed by atoms with van der Waals surface area (Å²) in [7, 11) is 0. The minimum absolute atomic E-state index is 0.0500. The quantitative estimate of drug-likeness (QED) is 0.845. The molecular formula is C17H19BrN2O2S. The number of nitrogens with zero attached hydrogens (tertiary/aromatic N) is 1. The monoisotopic (exact) mass is 394 g/mol. The van der Waals surface area contributed by atoms with E-state index in [4.69, 9.17) is 4.74 Å². The molecule has 2 heterocycles. The Morgan fingerprint density at radius 1 is 1.30 bits per heavy atom. The zero-order valence-electron chi connectivity index (χ0n) is 12.7. The summed E-state index contributed by atoms with van der Waals surface area (Å²) in [6, 6.07) is 9.81. The molecule has 0 saturated carbocycles. The molecule has 122 valence electrons. The van der Waals surface area contributed by atoms with Crippen LogP contribution in [0.1, 0.15) is 22.0 Å². The van der Waals surface area contributed by atoms with Crippen LogP contribution in [0, 0.1) is 0 Å². The number of carbonyl (C=O) groups excluding carboxylic acids is 1. The first kappa shape index (κ1) is 16.6. The third-order valence-electron chi connectivity index (χ3n) is 3.99. The van der Waals surface area contributed by atoms with Gasteiger partial charge >= 0.3 is 0 Å². The molecule has 2 aromatic rings. The minimum atomic E-state index is -0.0500. The van der Waals surface area contributed by atoms with Gasteiger partial charge in [0.25, 0.3) is 5.91 Å². The van der Waals surface area contributed by atoms with E-state index in [1.807, 2.05) is 24.3 Å². The molecule has 1 aliphatic rings. The highest BCUT2D eigenvalue weighted by Crippen LogP contribution is 2.24. The van der Waals surface area contributed by atoms with E-state index in [1.54, 1.807) is 11.3 Å². The Balaban J connectivity index is 1.69. The topological polar surface area (TPSA) is 41.6 Å². The van der Waals surface area contributed by atoms with E-state index in [0.29, 0.717) is 12.1 Å². The van der Waals surface area contributed by atoms with Crippen molar-refractivity contribution in [3.63, 3.8) is 0 Å². The molecule has 1 amide bonds. The zero-order valence-corrected chi connectivity index (χ0v) is 15.1. The molecule has 4 nitrogen and oxygen atoms in total. The molecule has 1 aromatic carbocycles. The van der Waals surface area contributed by atoms with Gasteiger partial charge in [-0.15, -0.1) is 0 Å². The largest absolute Gasteiger partial charge is 0.379 e. The maximum Gasteiger partial charge on any atom is 0.252 e. The number of halogens is 1. The summed E-state index contributed by atoms with van der Waals surface area (Å²) in [5.74, 6) is -0.0500. The van der Waals surface area contributed by atoms with Crippen molar-refractivity contribution in [3.8, 4) is 0 Å². The Bertz CT molecular complexity index is 642. The normalized spacial score (nSPS) is 16.9. The average molecular weight is 395 g/mol. The first-order valence-corrected chi connectivity index (χ1v) is 9.36. The highest BCUT2D eigenvalue weighted by atomic mass is 79.9. The van der Waals surface area contributed by atoms with Crippen molar-refractivity contribution in [1.29, 1.82) is 0 Å². The van der Waals surface area contributed by atoms with E-state index in [1.165, 1.54) is 5.56 Å². The molecule has 1 aromatic heterocycles. The Hall–Kier alpha value is -1.21. The lowest BCUT2D eigenvalue weighted by Crippen LogP contribution is -2.43. The number of amides is 1. The van der Waals surface area contributed by atoms with Gasteiger partial charge in [0.1, 0.15) is 0 Å². The molecular weight excluding hydrogens is 376 g/mol. The van der Waals surface area contributed by atoms with Crippen molar-refractivity contribution in [2.24, 2.45) is 0 Å². The third-order valence-corrected chi connectivity index (χ3v) is 5.38. The maximum absolute atomic E-state index is 12.4. The average Bonchev–Trinajstić information content (AvgIpc) is 3.10. The molecule has 1 saturated heterocycles. The van der Waals surface area contributed by atoms with E-state index < -0.39 is 0 Å². The van der Waals surface area contributed by atoms with Crippen LogP contribution in [0.4, 0.5) is 0 Å². The molecule has 6 heteroatoms. The van der Waals surface area contributed by atoms with Crippen LogP contribution in [0.5, 0.6) is 0 Å². The highest BCUT2D eigenvalue weighted by Gasteiger charge is 2.23. The van der Waals surface area contributed by atoms with Crippen LogP contribution < -0.4 is 5.32 Å². The Kier molecular flexibility index (Phi) is 5.83. The summed E-state index contributed by atoms with van der Waals surface area (Å²) in [4.78, 5) is 14.8. The van der Waals surface area contributed by atoms with Crippen molar-refractivity contribution in [3.05, 3.63) is 56.7 Å². The van der Waals surface area contributed by atoms with Crippen LogP contribution in [0.2, 0.25) is 0 Å². The van der Waals surface area contributed by atoms with Crippen molar-refractivity contribution < 1.29 is 9.53 Å². The number of hydrogen-bond acceptors (Lipinski definition) is 4. The summed E-state index contributed by atoms with van der Waals surface area (Å²) >= 11 is 5.12. The number of benzene rings is 1. The molecule has 1 N–H and O–H groups in total. The molecule has 0 spiro atoms. The lowest BCUT2D eigenvalue weighted by Gasteiger charge is -2.34. The van der Waals surface area contributed by atoms with Crippen LogP contribution in [0.25, 0.3) is 0 Å². The smallest absolute Gasteiger partial charge is 0.252 e. The number of rotatable bonds is 5. The van der Waals surface area contributed by atoms with E-state index in [2.05, 4.69) is 43.0 Å². The standard InChI is InChI=1S/C17H19BrN2O2S/c18-15-4-2-1-3-14(15)17(21)19-11-16(13-5-10-23-12-13)20-6-8-22-9-7-20/h1-5,10,12,16H,6-9,11H2,(H,19,21). The lowest BCUT2D eigenvalue weighted by molar-refractivity contribution is 0.0163. The van der Waals surface area contributed by atoms with Gasteiger partial charge in [0.05, 0.1) is 24.8 Å². The second-order valence-electron chi connectivity index (χ2n) is 5.41. The van der Waals surface area contributed by atoms with Gasteiger partial charge in [0.15, 0.2) is 0 Å². The minimum Gasteiger partial charge on any atom is -0.379 e. The maximum atomic E-state index is 12.4. The van der Waals surface area contributed by atoms with Gasteiger partial charge in [-0.3, -0.25) is 9.69 Å². The Morgan fingerprint density at radius 3 is 2.78 bits per heavy atom. The molecule has 3 rings (SSSR count). The van der Waals surface area contributed by atoms with Gasteiger partial charge in [0, 0.05) is 24.1 Å². The number of nitrogens with one attached hydrogen (secondary N) is 1. The van der Waals surface area contributed by atoms with Crippen LogP contribution in [0.3, 0.4) is 0 Å². The van der Waals surface area contributed by atoms with Crippen molar-refractivity contribution in [2.45, 2.75) is 6.04 Å². The zero-order chi connectivity index (χ0) is 16.1. The first-order chi connectivity index (χ1) is 11.3. The van der Waals surface area contributed by atoms with Crippen molar-refractivity contribution >= 4 is 33.2 Å². The number of ether oxygens (including phenoxy) is 1. The number of carbonyl (C=O) groups is 1. The summed E-state index contributed by atoms with van der Waals surface area (Å²) in [6.45, 7) is 3.88. The third kappa shape index (κ3) is 4.20. The number of thiophene rings is 1. The van der Waals surface area contributed by atoms with Gasteiger partial charge in [-0.05, 0) is 50.5 Å². The predicted molar refractivity (Wildman–Crippen MR) is 95.9 cm³/mol. The predicted octanol–water partition coefficient (Wildman–Crippen LogP) is 3.31. The second-order valence-corrected chi connectivity index (χ2v) is 7.05. The molecule has 23 heavy (non-hydrogen) atoms. The van der Waals surface area contributed by atoms with Crippen LogP contribution in [0.15, 0.2) is 45.6 Å². The fraction of sp³-hybridized carbons (Fsp3) is 0.353. The van der Waals surface area contributed by atoms with E-state index in [9.17, 15) is 4.79 Å². The summed E-state index contributed by atoms with van der Waals surface area (Å²) in [5, 5.41) is 7.32. The summed E-state index contributed by atoms with van der Waals surface area (Å²) in [5.41, 5.74) is 1.92. The van der Waals surface area contributed by atoms with Crippen LogP contribution in [-0.2, 0) is 4.74 Å². The second kappa shape index (κ2) is 8.06. The van der Waals surface area contributed by atoms with Crippen LogP contribution in [-0.4, -0.2) is 43.7 Å². The molecule has 0 bridgehead atoms. The van der Waals surface area contributed by atoms with Gasteiger partial charge in [-0.25, -0.2) is 0 Å². The Labute approximate surface area is 148 Å². The molecule has 0 aliphatic carbocycles. The lowest BCUT2D eigenvalue weighted by atomic mass is 10.1. The van der Waals surface area contributed by atoms with Gasteiger partial charge < -0.3 is 10.1 Å². The summed E-state index contributed by atoms with van der Waals surface area (Å²) in [6.07, 6.45) is 0. The summed E-state index contributed by atoms with van der Waals surface area (Å²) < 4.78 is 6.26. The number of morpholine rings is 1. The Morgan fingerprint density at radius 2 is 2.09 bits per heavy atom. The fourth-order valence-electron chi connectivity index (χ4n) is 2.74. The van der Waals surface area contributed by atoms with Gasteiger partial charge in [-0.1, -0.05) is 12.1 Å². The van der Waals surface area contributed by atoms with Crippen molar-refractivity contribution in [1.82, 2.24) is 10.2 Å². The molecule has 0 radical (unpaired) electrons. The van der Waals surface area contributed by atoms with Gasteiger partial charge in [0.2, 0.25) is 0 Å². The number of hydrogen-bond donors (Lipinski definition) is 1. The van der Waals surface area contributed by atoms with E-state index in [-0.39, 0.29) is 11.9 Å². The highest BCUT2D eigenvalue weighted by molar-refractivity contribution is 9.10. The van der Waals surface area contributed by atoms with E-state index in [0.717, 1.165) is 30.8 Å². The van der Waals surface area contributed by atoms with Crippen LogP contribution >= 0.6 is 27.3 Å². The first-order valence-electron chi connectivity index (χ1n) is 7.62. The van der Waals surface area contributed by atoms with E-state index >= 15 is 0 Å². The van der Waals surface area contributed by atoms with Crippen molar-refractivity contribution in [2.75, 3.05) is 32.8 Å². The molecule has 1 unspecified atom stereocenters. The molecule has 1 aliphatic heterocycles. The SMILES string of the molecule is O=C(NCC(c1ccsc1)N1CCOCC1)c1ccccc1Br. The molecule has 1 fully saturated rings. The molecule has 1 atom stereocenters. The fourth-order valence-corrected chi connectivity index (χ4v) is 3.91.